The van der Waals surface area contributed by atoms with Crippen LogP contribution in [0.25, 0.3) is 22.9 Å². The van der Waals surface area contributed by atoms with Gasteiger partial charge in [0.25, 0.3) is 5.91 Å². The van der Waals surface area contributed by atoms with Crippen molar-refractivity contribution in [3.8, 4) is 11.3 Å². The van der Waals surface area contributed by atoms with Crippen molar-refractivity contribution < 1.29 is 14.6 Å². The molecule has 4 rings (SSSR count). The van der Waals surface area contributed by atoms with Gasteiger partial charge in [-0.2, -0.15) is 0 Å². The normalized spacial score (nSPS) is 18.9. The molecule has 34 heavy (non-hydrogen) atoms. The van der Waals surface area contributed by atoms with Crippen LogP contribution in [0, 0.1) is 0 Å². The van der Waals surface area contributed by atoms with Gasteiger partial charge < -0.3 is 20.1 Å². The number of benzene rings is 1. The average molecular weight is 462 g/mol. The van der Waals surface area contributed by atoms with E-state index in [1.807, 2.05) is 36.2 Å². The first-order valence-electron chi connectivity index (χ1n) is 12.3. The molecule has 1 aromatic carbocycles. The number of hydrogen-bond donors (Lipinski definition) is 2. The SMILES string of the molecule is C/C=C(/CN(C(=O)[C@H]1CNCCO1)C1CC1)c1c(/C=C\CCCO)cccc1-c1ccccn1. The third-order valence-corrected chi connectivity index (χ3v) is 6.35. The number of carbonyl (C=O) groups excluding carboxylic acids is 1. The van der Waals surface area contributed by atoms with Crippen molar-refractivity contribution in [1.82, 2.24) is 15.2 Å². The molecule has 1 atom stereocenters. The summed E-state index contributed by atoms with van der Waals surface area (Å²) in [6.07, 6.45) is 11.4. The van der Waals surface area contributed by atoms with Gasteiger partial charge in [0.1, 0.15) is 6.10 Å². The van der Waals surface area contributed by atoms with Crippen LogP contribution in [0.5, 0.6) is 0 Å². The van der Waals surface area contributed by atoms with E-state index in [4.69, 9.17) is 9.84 Å². The fraction of sp³-hybridized carbons (Fsp3) is 0.429. The predicted octanol–water partition coefficient (Wildman–Crippen LogP) is 3.92. The maximum Gasteiger partial charge on any atom is 0.253 e. The lowest BCUT2D eigenvalue weighted by atomic mass is 9.91. The van der Waals surface area contributed by atoms with Crippen LogP contribution >= 0.6 is 0 Å². The van der Waals surface area contributed by atoms with Crippen LogP contribution in [0.1, 0.15) is 43.7 Å². The highest BCUT2D eigenvalue weighted by molar-refractivity contribution is 5.89. The Labute approximate surface area is 202 Å². The lowest BCUT2D eigenvalue weighted by Crippen LogP contribution is -2.50. The van der Waals surface area contributed by atoms with Crippen LogP contribution in [-0.4, -0.2) is 65.9 Å². The molecule has 1 aliphatic heterocycles. The number of pyridine rings is 1. The molecule has 0 unspecified atom stereocenters. The van der Waals surface area contributed by atoms with Crippen molar-refractivity contribution >= 4 is 17.6 Å². The quantitative estimate of drug-likeness (QED) is 0.525. The second-order valence-corrected chi connectivity index (χ2v) is 8.83. The lowest BCUT2D eigenvalue weighted by molar-refractivity contribution is -0.145. The standard InChI is InChI=1S/C28H35N3O3/c1-2-21(20-31(23-13-14-23)28(33)26-19-29-16-18-34-26)27-22(9-4-3-7-17-32)10-8-11-24(27)25-12-5-6-15-30-25/h2,4-6,8-12,15,23,26,29,32H,3,7,13-14,16-20H2,1H3/b9-4-,21-2-/t26-/m1/s1. The number of ether oxygens (including phenoxy) is 1. The molecule has 2 N–H and O–H groups in total. The molecule has 180 valence electrons. The van der Waals surface area contributed by atoms with Crippen molar-refractivity contribution in [2.24, 2.45) is 0 Å². The molecule has 1 amide bonds. The molecule has 2 aliphatic rings. The van der Waals surface area contributed by atoms with E-state index in [1.54, 1.807) is 0 Å². The molecule has 1 aromatic heterocycles. The molecule has 0 radical (unpaired) electrons. The second kappa shape index (κ2) is 12.1. The van der Waals surface area contributed by atoms with Gasteiger partial charge >= 0.3 is 0 Å². The number of rotatable bonds is 10. The van der Waals surface area contributed by atoms with Crippen molar-refractivity contribution in [1.29, 1.82) is 0 Å². The van der Waals surface area contributed by atoms with Crippen LogP contribution in [-0.2, 0) is 9.53 Å². The van der Waals surface area contributed by atoms with E-state index in [1.165, 1.54) is 0 Å². The fourth-order valence-electron chi connectivity index (χ4n) is 4.40. The van der Waals surface area contributed by atoms with Crippen LogP contribution in [0.4, 0.5) is 0 Å². The number of unbranched alkanes of at least 4 members (excludes halogenated alkanes) is 1. The molecule has 0 spiro atoms. The van der Waals surface area contributed by atoms with E-state index in [2.05, 4.69) is 46.7 Å². The number of aliphatic hydroxyl groups excluding tert-OH is 1. The molecular weight excluding hydrogens is 426 g/mol. The zero-order valence-corrected chi connectivity index (χ0v) is 20.0. The number of amides is 1. The number of nitrogens with one attached hydrogen (secondary N) is 1. The number of carbonyl (C=O) groups is 1. The zero-order valence-electron chi connectivity index (χ0n) is 20.0. The predicted molar refractivity (Wildman–Crippen MR) is 136 cm³/mol. The van der Waals surface area contributed by atoms with E-state index in [9.17, 15) is 4.79 Å². The highest BCUT2D eigenvalue weighted by Gasteiger charge is 2.37. The van der Waals surface area contributed by atoms with E-state index in [-0.39, 0.29) is 18.6 Å². The lowest BCUT2D eigenvalue weighted by Gasteiger charge is -2.31. The number of aromatic nitrogens is 1. The third-order valence-electron chi connectivity index (χ3n) is 6.35. The van der Waals surface area contributed by atoms with E-state index in [0.29, 0.717) is 19.7 Å². The highest BCUT2D eigenvalue weighted by atomic mass is 16.5. The molecule has 2 heterocycles. The summed E-state index contributed by atoms with van der Waals surface area (Å²) >= 11 is 0. The second-order valence-electron chi connectivity index (χ2n) is 8.83. The van der Waals surface area contributed by atoms with Crippen molar-refractivity contribution in [3.63, 3.8) is 0 Å². The number of morpholine rings is 1. The summed E-state index contributed by atoms with van der Waals surface area (Å²) in [5, 5.41) is 12.4. The Morgan fingerprint density at radius 1 is 1.26 bits per heavy atom. The minimum atomic E-state index is -0.420. The summed E-state index contributed by atoms with van der Waals surface area (Å²) < 4.78 is 5.80. The first kappa shape index (κ1) is 24.3. The Hall–Kier alpha value is -2.80. The number of nitrogens with zero attached hydrogens (tertiary/aromatic N) is 2. The monoisotopic (exact) mass is 461 g/mol. The Morgan fingerprint density at radius 2 is 2.15 bits per heavy atom. The molecule has 1 saturated carbocycles. The van der Waals surface area contributed by atoms with Gasteiger partial charge in [-0.1, -0.05) is 42.5 Å². The van der Waals surface area contributed by atoms with E-state index < -0.39 is 6.10 Å². The summed E-state index contributed by atoms with van der Waals surface area (Å²) in [6.45, 7) is 4.69. The highest BCUT2D eigenvalue weighted by Crippen LogP contribution is 2.35. The van der Waals surface area contributed by atoms with Gasteiger partial charge in [0, 0.05) is 44.0 Å². The van der Waals surface area contributed by atoms with Crippen LogP contribution in [0.15, 0.2) is 54.7 Å². The molecule has 2 aromatic rings. The zero-order chi connectivity index (χ0) is 23.8. The van der Waals surface area contributed by atoms with Gasteiger partial charge in [-0.25, -0.2) is 0 Å². The minimum absolute atomic E-state index is 0.0735. The summed E-state index contributed by atoms with van der Waals surface area (Å²) in [7, 11) is 0. The van der Waals surface area contributed by atoms with Gasteiger partial charge in [-0.15, -0.1) is 0 Å². The van der Waals surface area contributed by atoms with Gasteiger partial charge in [0.2, 0.25) is 0 Å². The minimum Gasteiger partial charge on any atom is -0.396 e. The summed E-state index contributed by atoms with van der Waals surface area (Å²) in [5.41, 5.74) is 5.26. The van der Waals surface area contributed by atoms with Crippen LogP contribution in [0.2, 0.25) is 0 Å². The van der Waals surface area contributed by atoms with E-state index in [0.717, 1.165) is 60.2 Å². The van der Waals surface area contributed by atoms with Crippen molar-refractivity contribution in [2.75, 3.05) is 32.8 Å². The smallest absolute Gasteiger partial charge is 0.253 e. The van der Waals surface area contributed by atoms with Gasteiger partial charge in [0.15, 0.2) is 0 Å². The molecule has 0 bridgehead atoms. The molecular formula is C28H35N3O3. The molecule has 2 fully saturated rings. The van der Waals surface area contributed by atoms with Crippen LogP contribution < -0.4 is 5.32 Å². The van der Waals surface area contributed by atoms with Crippen molar-refractivity contribution in [2.45, 2.75) is 44.8 Å². The first-order valence-corrected chi connectivity index (χ1v) is 12.3. The summed E-state index contributed by atoms with van der Waals surface area (Å²) in [5.74, 6) is 0.0735. The van der Waals surface area contributed by atoms with Crippen LogP contribution in [0.3, 0.4) is 0 Å². The van der Waals surface area contributed by atoms with Gasteiger partial charge in [-0.3, -0.25) is 9.78 Å². The number of allylic oxidation sites excluding steroid dienone is 2. The average Bonchev–Trinajstić information content (AvgIpc) is 3.73. The first-order chi connectivity index (χ1) is 16.7. The Morgan fingerprint density at radius 3 is 2.82 bits per heavy atom. The van der Waals surface area contributed by atoms with Crippen molar-refractivity contribution in [3.05, 3.63) is 65.9 Å². The molecule has 6 nitrogen and oxygen atoms in total. The third kappa shape index (κ3) is 6.00. The van der Waals surface area contributed by atoms with Gasteiger partial charge in [0.05, 0.1) is 12.3 Å². The van der Waals surface area contributed by atoms with E-state index >= 15 is 0 Å². The molecule has 1 saturated heterocycles. The maximum absolute atomic E-state index is 13.4. The number of hydrogen-bond acceptors (Lipinski definition) is 5. The Balaban J connectivity index is 1.69. The molecule has 6 heteroatoms. The summed E-state index contributed by atoms with van der Waals surface area (Å²) in [6, 6.07) is 12.5. The number of aliphatic hydroxyl groups is 1. The molecule has 1 aliphatic carbocycles. The van der Waals surface area contributed by atoms with Gasteiger partial charge in [-0.05, 0) is 61.4 Å². The Bertz CT molecular complexity index is 1010. The Kier molecular flexibility index (Phi) is 8.63. The fourth-order valence-corrected chi connectivity index (χ4v) is 4.40. The summed E-state index contributed by atoms with van der Waals surface area (Å²) in [4.78, 5) is 20.1. The topological polar surface area (TPSA) is 74.7 Å². The maximum atomic E-state index is 13.4. The largest absolute Gasteiger partial charge is 0.396 e.